The number of rotatable bonds is 24. The zero-order valence-corrected chi connectivity index (χ0v) is 70.1. The highest BCUT2D eigenvalue weighted by Crippen LogP contribution is 2.47. The van der Waals surface area contributed by atoms with Crippen molar-refractivity contribution in [3.63, 3.8) is 0 Å². The molecule has 11 heterocycles. The molecule has 26 nitrogen and oxygen atoms in total. The second-order valence-corrected chi connectivity index (χ2v) is 41.7. The van der Waals surface area contributed by atoms with Gasteiger partial charge < -0.3 is 44.9 Å². The van der Waals surface area contributed by atoms with E-state index >= 15 is 0 Å². The van der Waals surface area contributed by atoms with Crippen LogP contribution in [0.1, 0.15) is 131 Å². The molecule has 36 heteroatoms. The van der Waals surface area contributed by atoms with Crippen molar-refractivity contribution in [3.05, 3.63) is 143 Å². The average Bonchev–Trinajstić information content (AvgIpc) is 1.05. The van der Waals surface area contributed by atoms with E-state index in [9.17, 15) is 54.4 Å². The van der Waals surface area contributed by atoms with Crippen LogP contribution in [-0.2, 0) is 78.0 Å². The Morgan fingerprint density at radius 1 is 0.483 bits per heavy atom. The Bertz CT molecular complexity index is 5840. The first-order valence-electron chi connectivity index (χ1n) is 39.0. The third kappa shape index (κ3) is 19.8. The van der Waals surface area contributed by atoms with Crippen molar-refractivity contribution in [2.75, 3.05) is 69.2 Å². The molecule has 8 aromatic heterocycles. The Balaban J connectivity index is 0.000000140. The van der Waals surface area contributed by atoms with E-state index in [4.69, 9.17) is 31.8 Å². The van der Waals surface area contributed by atoms with Crippen LogP contribution in [0.15, 0.2) is 115 Å². The van der Waals surface area contributed by atoms with Crippen LogP contribution in [0.25, 0.3) is 56.1 Å². The minimum absolute atomic E-state index is 0.0314. The van der Waals surface area contributed by atoms with Crippen LogP contribution < -0.4 is 37.6 Å². The van der Waals surface area contributed by atoms with Gasteiger partial charge in [-0.15, -0.1) is 0 Å². The lowest BCUT2D eigenvalue weighted by Crippen LogP contribution is -2.21. The van der Waals surface area contributed by atoms with Gasteiger partial charge in [0.2, 0.25) is 5.91 Å². The molecule has 11 aromatic rings. The Kier molecular flexibility index (Phi) is 24.9. The number of Topliss-reactive ketones (excluding diaryl/α,β-unsaturated/α-hetero) is 2. The molecule has 0 bridgehead atoms. The number of aromatic nitrogens is 13. The topological polar surface area (TPSA) is 323 Å². The van der Waals surface area contributed by atoms with Gasteiger partial charge in [-0.3, -0.25) is 42.5 Å². The number of imidazole rings is 2. The van der Waals surface area contributed by atoms with Crippen LogP contribution >= 0.6 is 33.0 Å². The molecule has 3 aliphatic heterocycles. The van der Waals surface area contributed by atoms with E-state index in [0.717, 1.165) is 98.0 Å². The monoisotopic (exact) mass is 1700 g/mol. The fourth-order valence-corrected chi connectivity index (χ4v) is 18.1. The summed E-state index contributed by atoms with van der Waals surface area (Å²) in [6.45, 7) is 11.0. The first-order chi connectivity index (χ1) is 56.1. The predicted molar refractivity (Wildman–Crippen MR) is 447 cm³/mol. The smallest absolute Gasteiger partial charge is 0.295 e. The minimum atomic E-state index is -2.85. The number of aryl methyl sites for hydroxylation is 3. The summed E-state index contributed by atoms with van der Waals surface area (Å²) in [6, 6.07) is 27.1. The highest BCUT2D eigenvalue weighted by atomic mass is 35.5. The number of anilines is 6. The molecule has 1 amide bonds. The first kappa shape index (κ1) is 84.5. The number of alkyl halides is 6. The average molecular weight is 1700 g/mol. The van der Waals surface area contributed by atoms with Gasteiger partial charge in [-0.2, -0.15) is 15.3 Å². The second kappa shape index (κ2) is 34.8. The SMILES string of the molecule is Cn1ccc(-c2ccc(Nc3cc(CC(=O)C4CC4)nc4c3N=C(C(F)F)C4)c(P(C)(C)=O)c2)n1.Cn1ccc(-c2ccc(Nc3cc(CC(=O)C4CC4)nc4c3nc(C(F)F)n4C3CCCCO3)c(P(C)(C)=O)c2)n1.Cn1ccc(-c2ccc(Nc3cc(Cl)nc4c3nc(C(F)F)n4C3CCCCO3)c(P(C)(C)=O)c2)n1.NC(=O)C1CC1. The fourth-order valence-electron chi connectivity index (χ4n) is 14.4. The second-order valence-electron chi connectivity index (χ2n) is 31.7. The zero-order chi connectivity index (χ0) is 84.0. The van der Waals surface area contributed by atoms with Gasteiger partial charge in [-0.05, 0) is 184 Å². The quantitative estimate of drug-likeness (QED) is 0.0248. The molecule has 0 spiro atoms. The van der Waals surface area contributed by atoms with Crippen LogP contribution in [0.4, 0.5) is 66.2 Å². The molecule has 5 N–H and O–H groups in total. The highest BCUT2D eigenvalue weighted by Gasteiger charge is 2.37. The number of amides is 1. The number of benzene rings is 3. The standard InChI is InChI=1S/C29H33F2N6O3P.C25H26F2N5O2P.C24H26ClF2N6O2P.C4H7NO/c1-36-12-11-20(35-36)18-9-10-21(24(14-18)41(2,3)39)33-22-15-19(16-23(38)17-7-8-17)32-28-26(22)34-29(27(30)31)37(28)25-6-4-5-13-40-25;1-32-9-8-17(31-32)15-6-7-18(23(10-15)35(2,3)34)29-19-11-16(12-22(33)14-4-5-14)28-20-13-21(25(26)27)30-24(19)20;1-32-10-9-15(31-32)14-7-8-16(18(12-14)36(2,3)34)28-17-13-19(25)29-23-21(17)30-24(22(26)27)33(23)20-6-4-5-11-35-20;5-4(6)3-1-2-3/h9-12,14-15,17,25,27H,4-8,13,16H2,1-3H3,(H,32,33);6-11,14,25H,4-5,12-13H2,1-3H3,(H,28,29);7-10,12-13,20,22H,4-6,11H2,1-3H3,(H,28,29);3H,1-2H2,(H2,5,6). The number of hydrogen-bond acceptors (Lipinski definition) is 20. The summed E-state index contributed by atoms with van der Waals surface area (Å²) in [6.07, 6.45) is 6.27. The van der Waals surface area contributed by atoms with Crippen LogP contribution in [0.5, 0.6) is 0 Å². The molecular formula is C82H92ClF6N18O8P3. The number of primary amides is 1. The molecule has 118 heavy (non-hydrogen) atoms. The van der Waals surface area contributed by atoms with Crippen LogP contribution in [-0.4, -0.2) is 146 Å². The number of hydrogen-bond donors (Lipinski definition) is 4. The van der Waals surface area contributed by atoms with Gasteiger partial charge in [0.25, 0.3) is 19.3 Å². The Morgan fingerprint density at radius 3 is 1.22 bits per heavy atom. The third-order valence-corrected chi connectivity index (χ3v) is 25.7. The Morgan fingerprint density at radius 2 is 0.873 bits per heavy atom. The molecule has 0 radical (unpaired) electrons. The van der Waals surface area contributed by atoms with Crippen molar-refractivity contribution in [2.45, 2.75) is 128 Å². The Labute approximate surface area is 682 Å². The van der Waals surface area contributed by atoms with E-state index in [1.807, 2.05) is 106 Å². The van der Waals surface area contributed by atoms with E-state index in [1.165, 1.54) is 15.2 Å². The summed E-state index contributed by atoms with van der Waals surface area (Å²) in [5.74, 6) is -0.421. The van der Waals surface area contributed by atoms with E-state index in [1.54, 1.807) is 72.2 Å². The van der Waals surface area contributed by atoms with Crippen LogP contribution in [0, 0.1) is 17.8 Å². The highest BCUT2D eigenvalue weighted by molar-refractivity contribution is 7.71. The van der Waals surface area contributed by atoms with Gasteiger partial charge in [0.1, 0.15) is 67.3 Å². The van der Waals surface area contributed by atoms with Gasteiger partial charge in [0.05, 0.1) is 56.9 Å². The number of nitrogens with two attached hydrogens (primary N) is 1. The number of halogens is 7. The van der Waals surface area contributed by atoms with Gasteiger partial charge in [-0.1, -0.05) is 29.8 Å². The first-order valence-corrected chi connectivity index (χ1v) is 47.2. The van der Waals surface area contributed by atoms with Crippen molar-refractivity contribution >= 4 is 134 Å². The molecule has 2 saturated heterocycles. The molecule has 5 fully saturated rings. The van der Waals surface area contributed by atoms with Gasteiger partial charge in [0, 0.05) is 146 Å². The lowest BCUT2D eigenvalue weighted by molar-refractivity contribution is -0.120. The maximum atomic E-state index is 14.3. The predicted octanol–water partition coefficient (Wildman–Crippen LogP) is 16.9. The summed E-state index contributed by atoms with van der Waals surface area (Å²) >= 11 is 6.34. The molecule has 2 unspecified atom stereocenters. The number of pyridine rings is 3. The Hall–Kier alpha value is -9.96. The summed E-state index contributed by atoms with van der Waals surface area (Å²) in [5, 5.41) is 25.1. The van der Waals surface area contributed by atoms with Crippen molar-refractivity contribution in [3.8, 4) is 33.8 Å². The molecule has 3 aliphatic carbocycles. The number of ketones is 2. The molecule has 2 atom stereocenters. The van der Waals surface area contributed by atoms with Crippen molar-refractivity contribution in [1.29, 1.82) is 0 Å². The maximum absolute atomic E-state index is 14.3. The number of aliphatic imine (C=N–C) groups is 1. The maximum Gasteiger partial charge on any atom is 0.295 e. The van der Waals surface area contributed by atoms with Crippen LogP contribution in [0.3, 0.4) is 0 Å². The number of carbonyl (C=O) groups excluding carboxylic acids is 3. The van der Waals surface area contributed by atoms with E-state index in [0.29, 0.717) is 98.9 Å². The molecular weight excluding hydrogens is 1610 g/mol. The third-order valence-electron chi connectivity index (χ3n) is 21.0. The summed E-state index contributed by atoms with van der Waals surface area (Å²) in [5.41, 5.74) is 15.0. The van der Waals surface area contributed by atoms with Gasteiger partial charge in [-0.25, -0.2) is 51.3 Å². The number of fused-ring (bicyclic) bond motifs is 3. The molecule has 622 valence electrons. The molecule has 17 rings (SSSR count). The van der Waals surface area contributed by atoms with E-state index < -0.39 is 64.8 Å². The fraction of sp³-hybridized carbons (Fsp3) is 0.415. The lowest BCUT2D eigenvalue weighted by Gasteiger charge is -2.25. The van der Waals surface area contributed by atoms with Crippen molar-refractivity contribution in [2.24, 2.45) is 49.6 Å². The number of nitrogens with zero attached hydrogens (tertiary/aromatic N) is 14. The molecule has 3 aromatic carbocycles. The van der Waals surface area contributed by atoms with Crippen molar-refractivity contribution < 1.29 is 63.9 Å². The van der Waals surface area contributed by atoms with Gasteiger partial charge in [0.15, 0.2) is 22.9 Å². The largest absolute Gasteiger partial charge is 0.369 e. The van der Waals surface area contributed by atoms with Crippen LogP contribution in [0.2, 0.25) is 5.15 Å². The van der Waals surface area contributed by atoms with E-state index in [2.05, 4.69) is 56.2 Å². The summed E-state index contributed by atoms with van der Waals surface area (Å²) in [7, 11) is -2.82. The number of ether oxygens (including phenoxy) is 2. The molecule has 6 aliphatic rings. The van der Waals surface area contributed by atoms with Crippen molar-refractivity contribution in [1.82, 2.24) is 63.4 Å². The normalized spacial score (nSPS) is 16.9. The number of carbonyl (C=O) groups is 3. The lowest BCUT2D eigenvalue weighted by atomic mass is 10.1. The van der Waals surface area contributed by atoms with Gasteiger partial charge >= 0.3 is 0 Å². The summed E-state index contributed by atoms with van der Waals surface area (Å²) < 4.78 is 143. The minimum Gasteiger partial charge on any atom is -0.369 e. The summed E-state index contributed by atoms with van der Waals surface area (Å²) in [4.78, 5) is 61.4. The molecule has 3 saturated carbocycles. The number of nitrogens with one attached hydrogen (secondary N) is 3. The van der Waals surface area contributed by atoms with E-state index in [-0.39, 0.29) is 87.7 Å². The zero-order valence-electron chi connectivity index (χ0n) is 66.6.